The summed E-state index contributed by atoms with van der Waals surface area (Å²) in [6, 6.07) is 9.43. The van der Waals surface area contributed by atoms with Gasteiger partial charge in [-0.15, -0.1) is 0 Å². The first-order chi connectivity index (χ1) is 19.9. The third kappa shape index (κ3) is 8.55. The molecule has 2 rings (SSSR count). The van der Waals surface area contributed by atoms with E-state index >= 15 is 0 Å². The van der Waals surface area contributed by atoms with E-state index in [2.05, 4.69) is 16.2 Å². The highest BCUT2D eigenvalue weighted by Gasteiger charge is 2.34. The van der Waals surface area contributed by atoms with Gasteiger partial charge in [0.2, 0.25) is 0 Å². The Hall–Kier alpha value is -4.40. The van der Waals surface area contributed by atoms with Gasteiger partial charge < -0.3 is 5.32 Å². The SMILES string of the molecule is [C-]#[N+]/C(C#N)=C1\CC(S(C)(=O)=O)CC(NCCCCCCCC2=C(C#N)C(=C(C#N)C#N)CC(S(C)(=O)=O)C2)=C1C#N. The molecular weight excluding hydrogens is 574 g/mol. The zero-order chi connectivity index (χ0) is 31.5. The molecule has 0 spiro atoms. The normalized spacial score (nSPS) is 20.2. The summed E-state index contributed by atoms with van der Waals surface area (Å²) >= 11 is 0. The molecule has 0 bridgehead atoms. The topological polar surface area (TPSA) is 204 Å². The van der Waals surface area contributed by atoms with Crippen molar-refractivity contribution in [2.75, 3.05) is 19.1 Å². The predicted molar refractivity (Wildman–Crippen MR) is 154 cm³/mol. The molecule has 2 unspecified atom stereocenters. The van der Waals surface area contributed by atoms with Crippen LogP contribution >= 0.6 is 0 Å². The lowest BCUT2D eigenvalue weighted by Gasteiger charge is -2.27. The molecule has 0 saturated heterocycles. The third-order valence-electron chi connectivity index (χ3n) is 7.49. The van der Waals surface area contributed by atoms with Gasteiger partial charge in [0.1, 0.15) is 17.7 Å². The van der Waals surface area contributed by atoms with Gasteiger partial charge in [0.25, 0.3) is 5.70 Å². The van der Waals surface area contributed by atoms with E-state index in [-0.39, 0.29) is 59.2 Å². The highest BCUT2D eigenvalue weighted by Crippen LogP contribution is 2.37. The minimum atomic E-state index is -3.48. The number of hydrogen-bond acceptors (Lipinski definition) is 10. The largest absolute Gasteiger partial charge is 0.387 e. The average Bonchev–Trinajstić information content (AvgIpc) is 2.94. The number of nitriles is 5. The molecule has 0 amide bonds. The molecule has 2 atom stereocenters. The van der Waals surface area contributed by atoms with Gasteiger partial charge in [-0.3, -0.25) is 0 Å². The van der Waals surface area contributed by atoms with Crippen molar-refractivity contribution < 1.29 is 16.8 Å². The zero-order valence-electron chi connectivity index (χ0n) is 23.6. The lowest BCUT2D eigenvalue weighted by Crippen LogP contribution is -2.31. The molecule has 0 fully saturated rings. The molecule has 2 aliphatic rings. The lowest BCUT2D eigenvalue weighted by atomic mass is 9.83. The fourth-order valence-corrected chi connectivity index (χ4v) is 7.09. The number of sulfone groups is 2. The number of nitrogens with zero attached hydrogens (tertiary/aromatic N) is 6. The van der Waals surface area contributed by atoms with Gasteiger partial charge in [0.15, 0.2) is 19.7 Å². The van der Waals surface area contributed by atoms with Crippen LogP contribution in [0.2, 0.25) is 0 Å². The fourth-order valence-electron chi connectivity index (χ4n) is 5.18. The Morgan fingerprint density at radius 1 is 0.786 bits per heavy atom. The van der Waals surface area contributed by atoms with Crippen LogP contribution in [0.5, 0.6) is 0 Å². The summed E-state index contributed by atoms with van der Waals surface area (Å²) in [5, 5.41) is 48.9. The van der Waals surface area contributed by atoms with Gasteiger partial charge in [-0.2, -0.15) is 21.0 Å². The molecule has 0 aromatic carbocycles. The van der Waals surface area contributed by atoms with Crippen molar-refractivity contribution in [3.05, 3.63) is 56.2 Å². The van der Waals surface area contributed by atoms with Crippen molar-refractivity contribution in [3.63, 3.8) is 0 Å². The van der Waals surface area contributed by atoms with Crippen molar-refractivity contribution in [2.45, 2.75) is 74.7 Å². The van der Waals surface area contributed by atoms with E-state index in [1.165, 1.54) is 0 Å². The summed E-state index contributed by atoms with van der Waals surface area (Å²) in [6.45, 7) is 7.70. The summed E-state index contributed by atoms with van der Waals surface area (Å²) in [7, 11) is -6.93. The molecule has 0 aromatic rings. The van der Waals surface area contributed by atoms with Crippen molar-refractivity contribution >= 4 is 19.7 Å². The second kappa shape index (κ2) is 15.0. The molecular formula is C29H31N7O4S2. The van der Waals surface area contributed by atoms with Crippen LogP contribution in [0.1, 0.15) is 64.2 Å². The van der Waals surface area contributed by atoms with Crippen molar-refractivity contribution in [3.8, 4) is 30.3 Å². The molecule has 218 valence electrons. The first-order valence-electron chi connectivity index (χ1n) is 13.3. The molecule has 0 heterocycles. The standard InChI is InChI=1S/C29H31N7O4S2/c1-35-29(19-34)25-13-23(42(3,39)40)14-28(27(25)18-33)36-10-8-6-4-5-7-9-20-11-22(41(2,37)38)12-24(26(20)17-32)21(15-30)16-31/h22-23,36H,4-14H2,2-3H3/b29-25+. The van der Waals surface area contributed by atoms with Crippen molar-refractivity contribution in [1.82, 2.24) is 5.32 Å². The van der Waals surface area contributed by atoms with E-state index in [9.17, 15) is 43.1 Å². The highest BCUT2D eigenvalue weighted by atomic mass is 32.2. The summed E-state index contributed by atoms with van der Waals surface area (Å²) in [4.78, 5) is 3.18. The van der Waals surface area contributed by atoms with E-state index in [4.69, 9.17) is 6.57 Å². The first kappa shape index (κ1) is 33.8. The minimum Gasteiger partial charge on any atom is -0.387 e. The van der Waals surface area contributed by atoms with Crippen LogP contribution in [-0.2, 0) is 19.7 Å². The maximum absolute atomic E-state index is 12.3. The summed E-state index contributed by atoms with van der Waals surface area (Å²) in [6.07, 6.45) is 6.72. The Balaban J connectivity index is 2.02. The number of rotatable bonds is 11. The second-order valence-electron chi connectivity index (χ2n) is 10.3. The number of allylic oxidation sites excluding steroid dienone is 8. The van der Waals surface area contributed by atoms with Gasteiger partial charge in [-0.1, -0.05) is 24.8 Å². The molecule has 42 heavy (non-hydrogen) atoms. The molecule has 2 aliphatic carbocycles. The first-order valence-corrected chi connectivity index (χ1v) is 17.2. The zero-order valence-corrected chi connectivity index (χ0v) is 25.2. The molecule has 0 radical (unpaired) electrons. The smallest absolute Gasteiger partial charge is 0.266 e. The molecule has 1 N–H and O–H groups in total. The number of hydrogen-bond donors (Lipinski definition) is 1. The van der Waals surface area contributed by atoms with Gasteiger partial charge in [0.05, 0.1) is 46.4 Å². The lowest BCUT2D eigenvalue weighted by molar-refractivity contribution is 0.558. The van der Waals surface area contributed by atoms with Crippen molar-refractivity contribution in [2.24, 2.45) is 0 Å². The van der Waals surface area contributed by atoms with Crippen LogP contribution < -0.4 is 5.32 Å². The Morgan fingerprint density at radius 2 is 1.33 bits per heavy atom. The van der Waals surface area contributed by atoms with Crippen LogP contribution in [-0.4, -0.2) is 46.4 Å². The van der Waals surface area contributed by atoms with Crippen LogP contribution in [0.3, 0.4) is 0 Å². The van der Waals surface area contributed by atoms with E-state index < -0.39 is 30.2 Å². The molecule has 13 heteroatoms. The molecule has 0 saturated carbocycles. The fraction of sp³-hybridized carbons (Fsp3) is 0.517. The average molecular weight is 606 g/mol. The monoisotopic (exact) mass is 605 g/mol. The quantitative estimate of drug-likeness (QED) is 0.204. The predicted octanol–water partition coefficient (Wildman–Crippen LogP) is 3.97. The van der Waals surface area contributed by atoms with E-state index in [0.717, 1.165) is 31.8 Å². The summed E-state index contributed by atoms with van der Waals surface area (Å²) in [5.74, 6) is 0. The molecule has 0 aromatic heterocycles. The van der Waals surface area contributed by atoms with Crippen LogP contribution in [0.25, 0.3) is 4.85 Å². The minimum absolute atomic E-state index is 0.0312. The van der Waals surface area contributed by atoms with Crippen LogP contribution in [0, 0.1) is 63.2 Å². The van der Waals surface area contributed by atoms with Gasteiger partial charge in [0, 0.05) is 31.2 Å². The Bertz CT molecular complexity index is 1550. The van der Waals surface area contributed by atoms with Gasteiger partial charge in [-0.25, -0.2) is 26.9 Å². The van der Waals surface area contributed by atoms with Crippen LogP contribution in [0.4, 0.5) is 0 Å². The van der Waals surface area contributed by atoms with Crippen molar-refractivity contribution in [1.29, 1.82) is 26.3 Å². The second-order valence-corrected chi connectivity index (χ2v) is 15.0. The Labute approximate surface area is 248 Å². The van der Waals surface area contributed by atoms with E-state index in [1.54, 1.807) is 18.2 Å². The Morgan fingerprint density at radius 3 is 1.86 bits per heavy atom. The molecule has 11 nitrogen and oxygen atoms in total. The Kier molecular flexibility index (Phi) is 12.1. The number of unbranched alkanes of at least 4 members (excludes halogenated alkanes) is 4. The maximum atomic E-state index is 12.3. The van der Waals surface area contributed by atoms with E-state index in [0.29, 0.717) is 37.1 Å². The highest BCUT2D eigenvalue weighted by molar-refractivity contribution is 7.91. The van der Waals surface area contributed by atoms with Crippen LogP contribution in [0.15, 0.2) is 44.8 Å². The third-order valence-corrected chi connectivity index (χ3v) is 10.6. The summed E-state index contributed by atoms with van der Waals surface area (Å²) < 4.78 is 49.0. The molecule has 0 aliphatic heterocycles. The maximum Gasteiger partial charge on any atom is 0.266 e. The van der Waals surface area contributed by atoms with E-state index in [1.807, 2.05) is 6.07 Å². The van der Waals surface area contributed by atoms with Gasteiger partial charge >= 0.3 is 0 Å². The summed E-state index contributed by atoms with van der Waals surface area (Å²) in [5.41, 5.74) is 1.28. The number of nitrogens with one attached hydrogen (secondary N) is 1. The van der Waals surface area contributed by atoms with Gasteiger partial charge in [-0.05, 0) is 49.7 Å².